The van der Waals surface area contributed by atoms with E-state index in [-0.39, 0.29) is 29.7 Å². The van der Waals surface area contributed by atoms with Crippen molar-refractivity contribution in [2.75, 3.05) is 13.7 Å². The van der Waals surface area contributed by atoms with E-state index in [1.165, 1.54) is 7.11 Å². The maximum Gasteiger partial charge on any atom is 0.407 e. The summed E-state index contributed by atoms with van der Waals surface area (Å²) >= 11 is 0. The maximum atomic E-state index is 14.1. The number of ether oxygens (including phenoxy) is 1. The zero-order chi connectivity index (χ0) is 28.7. The molecular formula is C31H41N5O4. The van der Waals surface area contributed by atoms with Crippen LogP contribution in [0, 0.1) is 11.8 Å². The van der Waals surface area contributed by atoms with Crippen LogP contribution >= 0.6 is 0 Å². The number of hydrogen-bond donors (Lipinski definition) is 3. The van der Waals surface area contributed by atoms with Gasteiger partial charge in [-0.15, -0.1) is 0 Å². The van der Waals surface area contributed by atoms with Crippen molar-refractivity contribution in [2.24, 2.45) is 22.6 Å². The molecule has 0 saturated heterocycles. The number of carbonyl (C=O) groups is 3. The number of benzene rings is 2. The van der Waals surface area contributed by atoms with Crippen LogP contribution in [0.3, 0.4) is 0 Å². The van der Waals surface area contributed by atoms with E-state index in [0.29, 0.717) is 38.1 Å². The minimum atomic E-state index is -1.01. The minimum absolute atomic E-state index is 0.0592. The highest BCUT2D eigenvalue weighted by Gasteiger charge is 2.53. The molecule has 40 heavy (non-hydrogen) atoms. The van der Waals surface area contributed by atoms with Crippen LogP contribution in [0.4, 0.5) is 4.79 Å². The predicted octanol–water partition coefficient (Wildman–Crippen LogP) is 3.73. The molecule has 4 rings (SSSR count). The summed E-state index contributed by atoms with van der Waals surface area (Å²) in [4.78, 5) is 45.5. The number of hydrogen-bond acceptors (Lipinski definition) is 6. The number of nitrogens with zero attached hydrogens (tertiary/aromatic N) is 2. The van der Waals surface area contributed by atoms with Crippen molar-refractivity contribution in [2.45, 2.75) is 70.0 Å². The lowest BCUT2D eigenvalue weighted by Crippen LogP contribution is -2.50. The van der Waals surface area contributed by atoms with Crippen molar-refractivity contribution in [3.05, 3.63) is 71.8 Å². The van der Waals surface area contributed by atoms with E-state index in [9.17, 15) is 14.4 Å². The van der Waals surface area contributed by atoms with Gasteiger partial charge in [-0.3, -0.25) is 14.5 Å². The molecule has 0 radical (unpaired) electrons. The topological polar surface area (TPSA) is 126 Å². The Labute approximate surface area is 236 Å². The van der Waals surface area contributed by atoms with Gasteiger partial charge in [-0.25, -0.2) is 9.79 Å². The molecule has 9 nitrogen and oxygen atoms in total. The summed E-state index contributed by atoms with van der Waals surface area (Å²) in [5, 5.41) is 5.59. The number of nitrogens with two attached hydrogens (primary N) is 1. The van der Waals surface area contributed by atoms with Crippen LogP contribution in [-0.2, 0) is 26.3 Å². The third kappa shape index (κ3) is 6.81. The molecule has 1 saturated carbocycles. The molecule has 1 unspecified atom stereocenters. The highest BCUT2D eigenvalue weighted by atomic mass is 16.5. The first kappa shape index (κ1) is 29.1. The Bertz CT molecular complexity index is 1200. The van der Waals surface area contributed by atoms with Gasteiger partial charge in [0.2, 0.25) is 5.91 Å². The van der Waals surface area contributed by atoms with E-state index >= 15 is 0 Å². The Morgan fingerprint density at radius 1 is 1.10 bits per heavy atom. The van der Waals surface area contributed by atoms with Crippen LogP contribution in [-0.4, -0.2) is 54.5 Å². The predicted molar refractivity (Wildman–Crippen MR) is 154 cm³/mol. The van der Waals surface area contributed by atoms with Gasteiger partial charge in [0.15, 0.2) is 11.5 Å². The van der Waals surface area contributed by atoms with Gasteiger partial charge in [-0.2, -0.15) is 0 Å². The standard InChI is InChI=1S/C31H41N5O4/c1-21(2)20-31(24-13-8-5-9-14-24)28(38)36(29(32)35-31)26(23-16-17-23)15-10-18-33-27(37)25(34-30(39)40-3)19-22-11-6-4-7-12-22/h4-9,11-14,21,23,25-26H,10,15-20H2,1-3H3,(H2,32,35)(H,33,37)(H,34,39)/t25-,26?,31-/m0/s1. The molecule has 1 fully saturated rings. The molecule has 2 aliphatic rings. The Kier molecular flexibility index (Phi) is 9.45. The summed E-state index contributed by atoms with van der Waals surface area (Å²) in [5.41, 5.74) is 7.27. The molecule has 0 bridgehead atoms. The number of methoxy groups -OCH3 is 1. The first-order chi connectivity index (χ1) is 19.2. The average Bonchev–Trinajstić information content (AvgIpc) is 3.76. The quantitative estimate of drug-likeness (QED) is 0.330. The zero-order valence-electron chi connectivity index (χ0n) is 23.6. The molecule has 2 aromatic rings. The summed E-state index contributed by atoms with van der Waals surface area (Å²) in [6, 6.07) is 18.4. The fourth-order valence-electron chi connectivity index (χ4n) is 5.63. The van der Waals surface area contributed by atoms with Crippen LogP contribution in [0.5, 0.6) is 0 Å². The van der Waals surface area contributed by atoms with Crippen molar-refractivity contribution >= 4 is 23.9 Å². The molecule has 1 aliphatic heterocycles. The Balaban J connectivity index is 1.41. The number of guanidine groups is 1. The molecule has 0 spiro atoms. The zero-order valence-corrected chi connectivity index (χ0v) is 23.6. The van der Waals surface area contributed by atoms with E-state index in [1.54, 1.807) is 4.90 Å². The second-order valence-electron chi connectivity index (χ2n) is 11.2. The molecule has 0 aromatic heterocycles. The molecule has 2 aromatic carbocycles. The molecule has 3 amide bonds. The van der Waals surface area contributed by atoms with Crippen LogP contribution in [0.1, 0.15) is 57.1 Å². The van der Waals surface area contributed by atoms with Crippen molar-refractivity contribution in [3.63, 3.8) is 0 Å². The third-order valence-corrected chi connectivity index (χ3v) is 7.63. The van der Waals surface area contributed by atoms with Crippen LogP contribution < -0.4 is 16.4 Å². The monoisotopic (exact) mass is 547 g/mol. The van der Waals surface area contributed by atoms with E-state index in [0.717, 1.165) is 24.0 Å². The van der Waals surface area contributed by atoms with Gasteiger partial charge >= 0.3 is 6.09 Å². The molecule has 1 aliphatic carbocycles. The van der Waals surface area contributed by atoms with Gasteiger partial charge in [0.25, 0.3) is 5.91 Å². The van der Waals surface area contributed by atoms with Crippen molar-refractivity contribution in [3.8, 4) is 0 Å². The average molecular weight is 548 g/mol. The van der Waals surface area contributed by atoms with Gasteiger partial charge in [-0.05, 0) is 55.1 Å². The van der Waals surface area contributed by atoms with Gasteiger partial charge in [0, 0.05) is 19.0 Å². The fraction of sp³-hybridized carbons (Fsp3) is 0.484. The second-order valence-corrected chi connectivity index (χ2v) is 11.2. The molecule has 214 valence electrons. The van der Waals surface area contributed by atoms with E-state index in [2.05, 4.69) is 24.5 Å². The Morgan fingerprint density at radius 2 is 1.75 bits per heavy atom. The van der Waals surface area contributed by atoms with Crippen molar-refractivity contribution < 1.29 is 19.1 Å². The Morgan fingerprint density at radius 3 is 2.35 bits per heavy atom. The molecule has 4 N–H and O–H groups in total. The highest BCUT2D eigenvalue weighted by Crippen LogP contribution is 2.44. The first-order valence-electron chi connectivity index (χ1n) is 14.2. The summed E-state index contributed by atoms with van der Waals surface area (Å²) in [6.07, 6.45) is 3.69. The van der Waals surface area contributed by atoms with Crippen LogP contribution in [0.15, 0.2) is 65.7 Å². The van der Waals surface area contributed by atoms with Crippen LogP contribution in [0.2, 0.25) is 0 Å². The van der Waals surface area contributed by atoms with Gasteiger partial charge < -0.3 is 21.1 Å². The Hall–Kier alpha value is -3.88. The lowest BCUT2D eigenvalue weighted by Gasteiger charge is -2.32. The van der Waals surface area contributed by atoms with Crippen molar-refractivity contribution in [1.29, 1.82) is 0 Å². The fourth-order valence-corrected chi connectivity index (χ4v) is 5.63. The number of aliphatic imine (C=N–C) groups is 1. The minimum Gasteiger partial charge on any atom is -0.453 e. The second kappa shape index (κ2) is 13.0. The lowest BCUT2D eigenvalue weighted by atomic mass is 9.82. The summed E-state index contributed by atoms with van der Waals surface area (Å²) in [7, 11) is 1.27. The summed E-state index contributed by atoms with van der Waals surface area (Å²) in [5.74, 6) is 0.552. The number of carbonyl (C=O) groups excluding carboxylic acids is 3. The van der Waals surface area contributed by atoms with Crippen LogP contribution in [0.25, 0.3) is 0 Å². The molecular weight excluding hydrogens is 506 g/mol. The first-order valence-corrected chi connectivity index (χ1v) is 14.2. The largest absolute Gasteiger partial charge is 0.453 e. The number of amides is 3. The van der Waals surface area contributed by atoms with Crippen molar-refractivity contribution in [1.82, 2.24) is 15.5 Å². The third-order valence-electron chi connectivity index (χ3n) is 7.63. The highest BCUT2D eigenvalue weighted by molar-refractivity contribution is 6.07. The number of nitrogens with one attached hydrogen (secondary N) is 2. The van der Waals surface area contributed by atoms with Gasteiger partial charge in [-0.1, -0.05) is 74.5 Å². The van der Waals surface area contributed by atoms with Gasteiger partial charge in [0.05, 0.1) is 7.11 Å². The number of alkyl carbamates (subject to hydrolysis) is 1. The summed E-state index contributed by atoms with van der Waals surface area (Å²) in [6.45, 7) is 4.59. The normalized spacial score (nSPS) is 20.1. The molecule has 9 heteroatoms. The van der Waals surface area contributed by atoms with E-state index in [1.807, 2.05) is 60.7 Å². The maximum absolute atomic E-state index is 14.1. The summed E-state index contributed by atoms with van der Waals surface area (Å²) < 4.78 is 4.72. The SMILES string of the molecule is COC(=O)N[C@@H](Cc1ccccc1)C(=O)NCCCC(C1CC1)N1C(=O)[C@](CC(C)C)(c2ccccc2)N=C1N. The molecule has 1 heterocycles. The van der Waals surface area contributed by atoms with E-state index < -0.39 is 17.7 Å². The lowest BCUT2D eigenvalue weighted by molar-refractivity contribution is -0.134. The molecule has 3 atom stereocenters. The van der Waals surface area contributed by atoms with E-state index in [4.69, 9.17) is 15.5 Å². The number of rotatable bonds is 13. The van der Waals surface area contributed by atoms with Gasteiger partial charge in [0.1, 0.15) is 6.04 Å². The smallest absolute Gasteiger partial charge is 0.407 e.